The SMILES string of the molecule is OCc1cc(Br)cc(OC(F)F)c1. The zero-order chi connectivity index (χ0) is 9.84. The highest BCUT2D eigenvalue weighted by Gasteiger charge is 2.05. The van der Waals surface area contributed by atoms with Crippen molar-refractivity contribution in [3.05, 3.63) is 28.2 Å². The highest BCUT2D eigenvalue weighted by molar-refractivity contribution is 9.10. The minimum Gasteiger partial charge on any atom is -0.435 e. The highest BCUT2D eigenvalue weighted by atomic mass is 79.9. The van der Waals surface area contributed by atoms with Gasteiger partial charge in [-0.15, -0.1) is 0 Å². The van der Waals surface area contributed by atoms with E-state index in [1.807, 2.05) is 0 Å². The van der Waals surface area contributed by atoms with E-state index < -0.39 is 6.61 Å². The first-order valence-electron chi connectivity index (χ1n) is 3.47. The molecule has 0 fully saturated rings. The largest absolute Gasteiger partial charge is 0.435 e. The Kier molecular flexibility index (Phi) is 3.62. The van der Waals surface area contributed by atoms with Crippen molar-refractivity contribution >= 4 is 15.9 Å². The smallest absolute Gasteiger partial charge is 0.387 e. The fraction of sp³-hybridized carbons (Fsp3) is 0.250. The number of hydrogen-bond acceptors (Lipinski definition) is 2. The molecule has 1 rings (SSSR count). The molecule has 5 heteroatoms. The van der Waals surface area contributed by atoms with E-state index in [2.05, 4.69) is 20.7 Å². The molecule has 0 saturated heterocycles. The first-order chi connectivity index (χ1) is 6.11. The van der Waals surface area contributed by atoms with E-state index in [0.29, 0.717) is 10.0 Å². The summed E-state index contributed by atoms with van der Waals surface area (Å²) in [5.74, 6) is 0.0356. The lowest BCUT2D eigenvalue weighted by Crippen LogP contribution is -2.02. The van der Waals surface area contributed by atoms with Crippen molar-refractivity contribution in [2.24, 2.45) is 0 Å². The van der Waals surface area contributed by atoms with Gasteiger partial charge in [0.2, 0.25) is 0 Å². The summed E-state index contributed by atoms with van der Waals surface area (Å²) < 4.78 is 28.3. The zero-order valence-electron chi connectivity index (χ0n) is 6.51. The standard InChI is InChI=1S/C8H7BrF2O2/c9-6-1-5(4-12)2-7(3-6)13-8(10)11/h1-3,8,12H,4H2. The lowest BCUT2D eigenvalue weighted by Gasteiger charge is -2.06. The normalized spacial score (nSPS) is 10.5. The average molecular weight is 253 g/mol. The fourth-order valence-electron chi connectivity index (χ4n) is 0.883. The second kappa shape index (κ2) is 4.53. The molecule has 0 atom stereocenters. The first-order valence-corrected chi connectivity index (χ1v) is 4.26. The summed E-state index contributed by atoms with van der Waals surface area (Å²) >= 11 is 3.11. The molecule has 0 aliphatic rings. The summed E-state index contributed by atoms with van der Waals surface area (Å²) in [4.78, 5) is 0. The van der Waals surface area contributed by atoms with Gasteiger partial charge in [-0.05, 0) is 23.8 Å². The van der Waals surface area contributed by atoms with Crippen molar-refractivity contribution in [1.82, 2.24) is 0 Å². The van der Waals surface area contributed by atoms with E-state index in [9.17, 15) is 8.78 Å². The van der Waals surface area contributed by atoms with E-state index >= 15 is 0 Å². The Morgan fingerprint density at radius 2 is 2.08 bits per heavy atom. The minimum atomic E-state index is -2.85. The molecule has 0 heterocycles. The van der Waals surface area contributed by atoms with Crippen LogP contribution in [0.25, 0.3) is 0 Å². The molecule has 2 nitrogen and oxygen atoms in total. The third-order valence-corrected chi connectivity index (χ3v) is 1.80. The zero-order valence-corrected chi connectivity index (χ0v) is 8.09. The summed E-state index contributed by atoms with van der Waals surface area (Å²) in [6.07, 6.45) is 0. The van der Waals surface area contributed by atoms with Gasteiger partial charge in [-0.2, -0.15) is 8.78 Å². The Bertz CT molecular complexity index is 291. The number of aliphatic hydroxyl groups is 1. The molecule has 0 unspecified atom stereocenters. The van der Waals surface area contributed by atoms with Crippen molar-refractivity contribution in [2.45, 2.75) is 13.2 Å². The maximum atomic E-state index is 11.8. The molecule has 0 spiro atoms. The Morgan fingerprint density at radius 3 is 2.62 bits per heavy atom. The van der Waals surface area contributed by atoms with Crippen molar-refractivity contribution in [2.75, 3.05) is 0 Å². The molecule has 1 aromatic carbocycles. The van der Waals surface area contributed by atoms with Gasteiger partial charge in [0, 0.05) is 4.47 Å². The second-order valence-corrected chi connectivity index (χ2v) is 3.25. The van der Waals surface area contributed by atoms with Gasteiger partial charge in [-0.25, -0.2) is 0 Å². The number of rotatable bonds is 3. The molecule has 0 radical (unpaired) electrons. The van der Waals surface area contributed by atoms with Crippen LogP contribution in [0.4, 0.5) is 8.78 Å². The first kappa shape index (κ1) is 10.4. The molecule has 1 N–H and O–H groups in total. The Hall–Kier alpha value is -0.680. The Balaban J connectivity index is 2.88. The van der Waals surface area contributed by atoms with Gasteiger partial charge in [0.1, 0.15) is 5.75 Å². The van der Waals surface area contributed by atoms with Gasteiger partial charge in [-0.1, -0.05) is 15.9 Å². The summed E-state index contributed by atoms with van der Waals surface area (Å²) in [6, 6.07) is 4.39. The number of aliphatic hydroxyl groups excluding tert-OH is 1. The molecule has 13 heavy (non-hydrogen) atoms. The highest BCUT2D eigenvalue weighted by Crippen LogP contribution is 2.22. The average Bonchev–Trinajstić information content (AvgIpc) is 2.01. The van der Waals surface area contributed by atoms with E-state index in [-0.39, 0.29) is 12.4 Å². The number of ether oxygens (including phenoxy) is 1. The summed E-state index contributed by atoms with van der Waals surface area (Å²) in [7, 11) is 0. The molecule has 0 saturated carbocycles. The lowest BCUT2D eigenvalue weighted by atomic mass is 10.2. The van der Waals surface area contributed by atoms with Crippen LogP contribution >= 0.6 is 15.9 Å². The maximum absolute atomic E-state index is 11.8. The van der Waals surface area contributed by atoms with Crippen LogP contribution < -0.4 is 4.74 Å². The van der Waals surface area contributed by atoms with Crippen molar-refractivity contribution in [3.8, 4) is 5.75 Å². The predicted molar refractivity (Wildman–Crippen MR) is 46.7 cm³/mol. The van der Waals surface area contributed by atoms with Crippen LogP contribution in [0.3, 0.4) is 0 Å². The molecule has 0 aliphatic heterocycles. The van der Waals surface area contributed by atoms with E-state index in [0.717, 1.165) is 0 Å². The van der Waals surface area contributed by atoms with Crippen LogP contribution in [0.15, 0.2) is 22.7 Å². The number of benzene rings is 1. The van der Waals surface area contributed by atoms with Gasteiger partial charge < -0.3 is 9.84 Å². The van der Waals surface area contributed by atoms with Gasteiger partial charge in [0.25, 0.3) is 0 Å². The third kappa shape index (κ3) is 3.28. The Labute approximate surface area is 82.3 Å². The molecule has 1 aromatic rings. The molecular weight excluding hydrogens is 246 g/mol. The van der Waals surface area contributed by atoms with Gasteiger partial charge in [0.05, 0.1) is 6.61 Å². The number of hydrogen-bond donors (Lipinski definition) is 1. The third-order valence-electron chi connectivity index (χ3n) is 1.34. The fourth-order valence-corrected chi connectivity index (χ4v) is 1.40. The van der Waals surface area contributed by atoms with E-state index in [1.165, 1.54) is 12.1 Å². The molecule has 72 valence electrons. The quantitative estimate of drug-likeness (QED) is 0.896. The maximum Gasteiger partial charge on any atom is 0.387 e. The van der Waals surface area contributed by atoms with Crippen LogP contribution in [-0.2, 0) is 6.61 Å². The second-order valence-electron chi connectivity index (χ2n) is 2.33. The van der Waals surface area contributed by atoms with Crippen molar-refractivity contribution in [3.63, 3.8) is 0 Å². The molecule has 0 aliphatic carbocycles. The van der Waals surface area contributed by atoms with Crippen LogP contribution in [0.2, 0.25) is 0 Å². The molecule has 0 aromatic heterocycles. The topological polar surface area (TPSA) is 29.5 Å². The summed E-state index contributed by atoms with van der Waals surface area (Å²) in [6.45, 7) is -3.06. The van der Waals surface area contributed by atoms with E-state index in [4.69, 9.17) is 5.11 Å². The van der Waals surface area contributed by atoms with Gasteiger partial charge in [0.15, 0.2) is 0 Å². The lowest BCUT2D eigenvalue weighted by molar-refractivity contribution is -0.0499. The molecule has 0 amide bonds. The van der Waals surface area contributed by atoms with Gasteiger partial charge in [-0.3, -0.25) is 0 Å². The van der Waals surface area contributed by atoms with Crippen LogP contribution in [-0.4, -0.2) is 11.7 Å². The van der Waals surface area contributed by atoms with E-state index in [1.54, 1.807) is 6.07 Å². The summed E-state index contributed by atoms with van der Waals surface area (Å²) in [5.41, 5.74) is 0.519. The van der Waals surface area contributed by atoms with Crippen LogP contribution in [0, 0.1) is 0 Å². The molecular formula is C8H7BrF2O2. The number of halogens is 3. The van der Waals surface area contributed by atoms with Crippen LogP contribution in [0.1, 0.15) is 5.56 Å². The monoisotopic (exact) mass is 252 g/mol. The van der Waals surface area contributed by atoms with Gasteiger partial charge >= 0.3 is 6.61 Å². The predicted octanol–water partition coefficient (Wildman–Crippen LogP) is 2.54. The number of alkyl halides is 2. The Morgan fingerprint density at radius 1 is 1.38 bits per heavy atom. The van der Waals surface area contributed by atoms with Crippen LogP contribution in [0.5, 0.6) is 5.75 Å². The minimum absolute atomic E-state index is 0.0356. The van der Waals surface area contributed by atoms with Crippen molar-refractivity contribution < 1.29 is 18.6 Å². The summed E-state index contributed by atoms with van der Waals surface area (Å²) in [5, 5.41) is 8.76. The molecule has 0 bridgehead atoms. The van der Waals surface area contributed by atoms with Crippen molar-refractivity contribution in [1.29, 1.82) is 0 Å².